The number of hydrogen-bond acceptors (Lipinski definition) is 5. The Labute approximate surface area is 131 Å². The zero-order valence-corrected chi connectivity index (χ0v) is 13.3. The van der Waals surface area contributed by atoms with Crippen molar-refractivity contribution in [1.29, 1.82) is 0 Å². The number of amides is 1. The van der Waals surface area contributed by atoms with E-state index < -0.39 is 5.54 Å². The summed E-state index contributed by atoms with van der Waals surface area (Å²) < 4.78 is 5.37. The van der Waals surface area contributed by atoms with Crippen LogP contribution >= 0.6 is 0 Å². The van der Waals surface area contributed by atoms with E-state index in [1.54, 1.807) is 6.07 Å². The van der Waals surface area contributed by atoms with Crippen LogP contribution in [0.2, 0.25) is 0 Å². The van der Waals surface area contributed by atoms with Crippen molar-refractivity contribution >= 4 is 11.7 Å². The van der Waals surface area contributed by atoms with Crippen LogP contribution in [-0.4, -0.2) is 40.5 Å². The Morgan fingerprint density at radius 3 is 2.82 bits per heavy atom. The number of hydrogen-bond donors (Lipinski definition) is 1. The Morgan fingerprint density at radius 1 is 1.41 bits per heavy atom. The number of rotatable bonds is 2. The second-order valence-electron chi connectivity index (χ2n) is 6.51. The lowest BCUT2D eigenvalue weighted by Crippen LogP contribution is -2.47. The summed E-state index contributed by atoms with van der Waals surface area (Å²) >= 11 is 0. The van der Waals surface area contributed by atoms with Crippen LogP contribution in [0.15, 0.2) is 6.07 Å². The molecule has 0 aliphatic carbocycles. The molecule has 3 rings (SSSR count). The lowest BCUT2D eigenvalue weighted by molar-refractivity contribution is -0.143. The molecular formula is C16H24N4O2. The topological polar surface area (TPSA) is 81.3 Å². The summed E-state index contributed by atoms with van der Waals surface area (Å²) in [5.41, 5.74) is 6.27. The minimum atomic E-state index is -0.449. The third-order valence-corrected chi connectivity index (χ3v) is 4.83. The first-order valence-electron chi connectivity index (χ1n) is 8.01. The van der Waals surface area contributed by atoms with Crippen molar-refractivity contribution in [1.82, 2.24) is 14.9 Å². The lowest BCUT2D eigenvalue weighted by atomic mass is 9.93. The number of anilines is 1. The van der Waals surface area contributed by atoms with Gasteiger partial charge in [0.25, 0.3) is 0 Å². The van der Waals surface area contributed by atoms with Crippen LogP contribution in [-0.2, 0) is 15.1 Å². The Hall–Kier alpha value is -1.69. The minimum absolute atomic E-state index is 0.0633. The van der Waals surface area contributed by atoms with Crippen molar-refractivity contribution in [3.05, 3.63) is 17.6 Å². The Kier molecular flexibility index (Phi) is 4.04. The van der Waals surface area contributed by atoms with E-state index in [0.717, 1.165) is 37.9 Å². The molecule has 0 aromatic carbocycles. The quantitative estimate of drug-likeness (QED) is 0.898. The zero-order valence-electron chi connectivity index (χ0n) is 13.3. The molecular weight excluding hydrogens is 280 g/mol. The summed E-state index contributed by atoms with van der Waals surface area (Å²) in [5.74, 6) is 1.41. The van der Waals surface area contributed by atoms with Crippen LogP contribution in [0.4, 0.5) is 5.82 Å². The first kappa shape index (κ1) is 15.2. The monoisotopic (exact) mass is 304 g/mol. The third-order valence-electron chi connectivity index (χ3n) is 4.83. The first-order valence-corrected chi connectivity index (χ1v) is 8.01. The van der Waals surface area contributed by atoms with E-state index in [2.05, 4.69) is 16.9 Å². The van der Waals surface area contributed by atoms with Gasteiger partial charge in [0.15, 0.2) is 5.82 Å². The van der Waals surface area contributed by atoms with E-state index >= 15 is 0 Å². The van der Waals surface area contributed by atoms with Crippen LogP contribution in [0.3, 0.4) is 0 Å². The van der Waals surface area contributed by atoms with Crippen molar-refractivity contribution in [2.75, 3.05) is 25.5 Å². The van der Waals surface area contributed by atoms with Gasteiger partial charge in [0.2, 0.25) is 5.91 Å². The number of ether oxygens (including phenoxy) is 1. The van der Waals surface area contributed by atoms with Crippen LogP contribution < -0.4 is 5.73 Å². The highest BCUT2D eigenvalue weighted by atomic mass is 16.5. The van der Waals surface area contributed by atoms with Crippen molar-refractivity contribution in [2.45, 2.75) is 45.1 Å². The van der Waals surface area contributed by atoms with Gasteiger partial charge < -0.3 is 15.4 Å². The Balaban J connectivity index is 1.89. The molecule has 2 aliphatic rings. The van der Waals surface area contributed by atoms with Gasteiger partial charge in [0, 0.05) is 37.4 Å². The summed E-state index contributed by atoms with van der Waals surface area (Å²) in [4.78, 5) is 23.9. The second-order valence-corrected chi connectivity index (χ2v) is 6.51. The molecule has 1 aromatic rings. The number of carbonyl (C=O) groups is 1. The number of nitrogen functional groups attached to an aromatic ring is 1. The zero-order chi connectivity index (χ0) is 15.7. The molecule has 2 N–H and O–H groups in total. The molecule has 0 saturated carbocycles. The highest BCUT2D eigenvalue weighted by Crippen LogP contribution is 2.39. The van der Waals surface area contributed by atoms with E-state index in [1.807, 2.05) is 11.8 Å². The van der Waals surface area contributed by atoms with Crippen molar-refractivity contribution < 1.29 is 9.53 Å². The molecule has 2 fully saturated rings. The highest BCUT2D eigenvalue weighted by molar-refractivity contribution is 5.80. The van der Waals surface area contributed by atoms with Crippen LogP contribution in [0.1, 0.15) is 44.1 Å². The number of likely N-dealkylation sites (tertiary alicyclic amines) is 1. The Bertz CT molecular complexity index is 551. The van der Waals surface area contributed by atoms with Crippen LogP contribution in [0.5, 0.6) is 0 Å². The maximum Gasteiger partial charge on any atom is 0.226 e. The molecule has 0 bridgehead atoms. The number of nitrogens with zero attached hydrogens (tertiary/aromatic N) is 3. The van der Waals surface area contributed by atoms with Gasteiger partial charge in [-0.15, -0.1) is 0 Å². The summed E-state index contributed by atoms with van der Waals surface area (Å²) in [5, 5.41) is 0. The average molecular weight is 304 g/mol. The molecule has 2 aliphatic heterocycles. The van der Waals surface area contributed by atoms with E-state index in [0.29, 0.717) is 24.9 Å². The summed E-state index contributed by atoms with van der Waals surface area (Å²) in [6.45, 7) is 6.09. The highest BCUT2D eigenvalue weighted by Gasteiger charge is 2.45. The smallest absolute Gasteiger partial charge is 0.226 e. The van der Waals surface area contributed by atoms with Gasteiger partial charge >= 0.3 is 0 Å². The average Bonchev–Trinajstić information content (AvgIpc) is 2.90. The van der Waals surface area contributed by atoms with Gasteiger partial charge in [-0.3, -0.25) is 4.79 Å². The predicted octanol–water partition coefficient (Wildman–Crippen LogP) is 1.63. The van der Waals surface area contributed by atoms with E-state index in [1.165, 1.54) is 0 Å². The first-order chi connectivity index (χ1) is 10.5. The third kappa shape index (κ3) is 2.67. The van der Waals surface area contributed by atoms with E-state index in [4.69, 9.17) is 10.5 Å². The molecule has 6 heteroatoms. The summed E-state index contributed by atoms with van der Waals surface area (Å²) in [6.07, 6.45) is 3.47. The largest absolute Gasteiger partial charge is 0.384 e. The Morgan fingerprint density at radius 2 is 2.14 bits per heavy atom. The standard InChI is InChI=1S/C16H24N4O2/c1-11-10-13(17)19-15(18-11)16(2)6-3-7-20(16)14(21)12-4-8-22-9-5-12/h10,12H,3-9H2,1-2H3,(H2,17,18,19)/t16-/m0/s1. The van der Waals surface area contributed by atoms with Gasteiger partial charge in [-0.2, -0.15) is 0 Å². The van der Waals surface area contributed by atoms with Gasteiger partial charge in [0.05, 0.1) is 5.54 Å². The molecule has 22 heavy (non-hydrogen) atoms. The molecule has 1 aromatic heterocycles. The predicted molar refractivity (Wildman–Crippen MR) is 83.0 cm³/mol. The van der Waals surface area contributed by atoms with E-state index in [-0.39, 0.29) is 11.8 Å². The molecule has 0 radical (unpaired) electrons. The molecule has 1 amide bonds. The second kappa shape index (κ2) is 5.83. The maximum atomic E-state index is 12.9. The van der Waals surface area contributed by atoms with Gasteiger partial charge in [0.1, 0.15) is 5.82 Å². The fraction of sp³-hybridized carbons (Fsp3) is 0.688. The fourth-order valence-electron chi connectivity index (χ4n) is 3.55. The molecule has 120 valence electrons. The normalized spacial score (nSPS) is 26.4. The number of aryl methyl sites for hydroxylation is 1. The molecule has 0 spiro atoms. The molecule has 2 saturated heterocycles. The van der Waals surface area contributed by atoms with Crippen LogP contribution in [0.25, 0.3) is 0 Å². The number of aromatic nitrogens is 2. The van der Waals surface area contributed by atoms with Gasteiger partial charge in [-0.05, 0) is 39.5 Å². The van der Waals surface area contributed by atoms with E-state index in [9.17, 15) is 4.79 Å². The van der Waals surface area contributed by atoms with Crippen molar-refractivity contribution in [2.24, 2.45) is 5.92 Å². The lowest BCUT2D eigenvalue weighted by Gasteiger charge is -2.37. The molecule has 3 heterocycles. The van der Waals surface area contributed by atoms with Gasteiger partial charge in [-0.25, -0.2) is 9.97 Å². The molecule has 1 atom stereocenters. The summed E-state index contributed by atoms with van der Waals surface area (Å²) in [6, 6.07) is 1.76. The van der Waals surface area contributed by atoms with Gasteiger partial charge in [-0.1, -0.05) is 0 Å². The number of nitrogens with two attached hydrogens (primary N) is 1. The molecule has 0 unspecified atom stereocenters. The summed E-state index contributed by atoms with van der Waals surface area (Å²) in [7, 11) is 0. The molecule has 6 nitrogen and oxygen atoms in total. The minimum Gasteiger partial charge on any atom is -0.384 e. The van der Waals surface area contributed by atoms with Crippen molar-refractivity contribution in [3.63, 3.8) is 0 Å². The number of carbonyl (C=O) groups excluding carboxylic acids is 1. The fourth-order valence-corrected chi connectivity index (χ4v) is 3.55. The maximum absolute atomic E-state index is 12.9. The SMILES string of the molecule is Cc1cc(N)nc([C@]2(C)CCCN2C(=O)C2CCOCC2)n1. The van der Waals surface area contributed by atoms with Crippen molar-refractivity contribution in [3.8, 4) is 0 Å². The van der Waals surface area contributed by atoms with Crippen LogP contribution in [0, 0.1) is 12.8 Å².